The molecule has 1 saturated heterocycles. The minimum atomic E-state index is -3.68. The third-order valence-electron chi connectivity index (χ3n) is 7.46. The number of anilines is 1. The summed E-state index contributed by atoms with van der Waals surface area (Å²) in [6.45, 7) is 9.33. The number of morpholine rings is 1. The summed E-state index contributed by atoms with van der Waals surface area (Å²) < 4.78 is 34.8. The molecule has 0 saturated carbocycles. The number of ether oxygens (including phenoxy) is 1. The first-order valence-corrected chi connectivity index (χ1v) is 16.6. The van der Waals surface area contributed by atoms with E-state index in [-0.39, 0.29) is 23.0 Å². The number of amides is 1. The molecule has 1 N–H and O–H groups in total. The maximum Gasteiger partial charge on any atom is 0.256 e. The zero-order valence-electron chi connectivity index (χ0n) is 22.7. The molecule has 0 bridgehead atoms. The van der Waals surface area contributed by atoms with Gasteiger partial charge in [-0.05, 0) is 68.8 Å². The van der Waals surface area contributed by atoms with E-state index in [1.807, 2.05) is 32.0 Å². The van der Waals surface area contributed by atoms with Crippen molar-refractivity contribution in [1.29, 1.82) is 0 Å². The third kappa shape index (κ3) is 5.22. The van der Waals surface area contributed by atoms with E-state index >= 15 is 0 Å². The van der Waals surface area contributed by atoms with Crippen molar-refractivity contribution in [1.82, 2.24) is 14.2 Å². The Hall–Kier alpha value is -2.67. The Morgan fingerprint density at radius 1 is 1.07 bits per heavy atom. The molecule has 0 radical (unpaired) electrons. The molecule has 4 aromatic rings. The summed E-state index contributed by atoms with van der Waals surface area (Å²) in [4.78, 5) is 22.2. The van der Waals surface area contributed by atoms with Crippen LogP contribution in [0.15, 0.2) is 53.4 Å². The predicted octanol–water partition coefficient (Wildman–Crippen LogP) is 5.45. The fraction of sp³-hybridized carbons (Fsp3) is 0.379. The van der Waals surface area contributed by atoms with Gasteiger partial charge in [0.25, 0.3) is 5.91 Å². The molecule has 11 heteroatoms. The highest BCUT2D eigenvalue weighted by molar-refractivity contribution is 7.89. The van der Waals surface area contributed by atoms with Crippen molar-refractivity contribution in [3.05, 3.63) is 64.5 Å². The molecule has 0 aliphatic carbocycles. The van der Waals surface area contributed by atoms with Crippen molar-refractivity contribution in [3.63, 3.8) is 0 Å². The van der Waals surface area contributed by atoms with Crippen molar-refractivity contribution in [2.24, 2.45) is 0 Å². The number of likely N-dealkylation sites (N-methyl/N-ethyl adjacent to an activating group) is 1. The van der Waals surface area contributed by atoms with Crippen molar-refractivity contribution >= 4 is 53.8 Å². The van der Waals surface area contributed by atoms with E-state index in [9.17, 15) is 13.2 Å². The van der Waals surface area contributed by atoms with Crippen LogP contribution in [0.4, 0.5) is 5.00 Å². The quantitative estimate of drug-likeness (QED) is 0.318. The number of carbonyl (C=O) groups excluding carboxylic acids is 1. The fourth-order valence-electron chi connectivity index (χ4n) is 5.45. The molecule has 0 unspecified atom stereocenters. The molecule has 8 nitrogen and oxygen atoms in total. The number of benzene rings is 2. The van der Waals surface area contributed by atoms with Crippen LogP contribution in [0.3, 0.4) is 0 Å². The Kier molecular flexibility index (Phi) is 7.53. The van der Waals surface area contributed by atoms with E-state index in [1.165, 1.54) is 26.9 Å². The summed E-state index contributed by atoms with van der Waals surface area (Å²) in [6, 6.07) is 14.3. The molecule has 1 fully saturated rings. The van der Waals surface area contributed by atoms with E-state index in [0.29, 0.717) is 18.7 Å². The summed E-state index contributed by atoms with van der Waals surface area (Å²) in [5.74, 6) is -0.272. The molecule has 2 aromatic carbocycles. The fourth-order valence-corrected chi connectivity index (χ4v) is 9.44. The average molecular weight is 597 g/mol. The van der Waals surface area contributed by atoms with E-state index < -0.39 is 10.0 Å². The van der Waals surface area contributed by atoms with E-state index in [2.05, 4.69) is 23.2 Å². The molecule has 6 rings (SSSR count). The van der Waals surface area contributed by atoms with Gasteiger partial charge in [0.05, 0.1) is 27.3 Å². The Labute approximate surface area is 242 Å². The number of carbonyl (C=O) groups is 1. The van der Waals surface area contributed by atoms with Crippen molar-refractivity contribution in [2.75, 3.05) is 31.5 Å². The van der Waals surface area contributed by atoms with Gasteiger partial charge >= 0.3 is 0 Å². The second-order valence-corrected chi connectivity index (χ2v) is 14.4. The first kappa shape index (κ1) is 27.5. The number of thiazole rings is 1. The standard InChI is InChI=1S/C29H32N4O4S3/c1-4-32-14-13-22-25(17-32)39-29(26(22)28-30-23-7-5-6-8-24(23)38-28)31-27(34)20-9-11-21(12-10-20)40(35,36)33-15-18(2)37-19(3)16-33/h5-12,18-19H,4,13-17H2,1-3H3,(H,31,34)/t18-,19-/m0/s1. The van der Waals surface area contributed by atoms with Gasteiger partial charge in [0.2, 0.25) is 10.0 Å². The van der Waals surface area contributed by atoms with Crippen LogP contribution in [-0.2, 0) is 27.7 Å². The van der Waals surface area contributed by atoms with Crippen molar-refractivity contribution < 1.29 is 17.9 Å². The van der Waals surface area contributed by atoms with Crippen molar-refractivity contribution in [2.45, 2.75) is 50.8 Å². The lowest BCUT2D eigenvalue weighted by atomic mass is 10.0. The first-order chi connectivity index (χ1) is 19.2. The minimum absolute atomic E-state index is 0.172. The molecule has 2 atom stereocenters. The van der Waals surface area contributed by atoms with E-state index in [0.717, 1.165) is 51.8 Å². The summed E-state index contributed by atoms with van der Waals surface area (Å²) in [6.07, 6.45) is 0.565. The van der Waals surface area contributed by atoms with Crippen LogP contribution in [0.5, 0.6) is 0 Å². The number of aromatic nitrogens is 1. The number of thiophene rings is 1. The summed E-state index contributed by atoms with van der Waals surface area (Å²) in [5.41, 5.74) is 3.63. The van der Waals surface area contributed by atoms with Gasteiger partial charge in [-0.25, -0.2) is 13.4 Å². The Balaban J connectivity index is 1.29. The largest absolute Gasteiger partial charge is 0.373 e. The molecule has 2 aliphatic heterocycles. The summed E-state index contributed by atoms with van der Waals surface area (Å²) in [7, 11) is -3.68. The van der Waals surface area contributed by atoms with E-state index in [1.54, 1.807) is 34.8 Å². The number of hydrogen-bond acceptors (Lipinski definition) is 8. The molecular formula is C29H32N4O4S3. The summed E-state index contributed by atoms with van der Waals surface area (Å²) in [5, 5.41) is 4.85. The molecule has 210 valence electrons. The van der Waals surface area contributed by atoms with Gasteiger partial charge in [0.15, 0.2) is 0 Å². The molecule has 1 amide bonds. The van der Waals surface area contributed by atoms with Crippen LogP contribution < -0.4 is 5.32 Å². The van der Waals surface area contributed by atoms with E-state index in [4.69, 9.17) is 9.72 Å². The van der Waals surface area contributed by atoms with Crippen LogP contribution in [0.1, 0.15) is 41.6 Å². The zero-order valence-corrected chi connectivity index (χ0v) is 25.2. The smallest absolute Gasteiger partial charge is 0.256 e. The normalized spacial score (nSPS) is 20.5. The molecule has 0 spiro atoms. The highest BCUT2D eigenvalue weighted by Gasteiger charge is 2.32. The van der Waals surface area contributed by atoms with Crippen LogP contribution in [0.2, 0.25) is 0 Å². The van der Waals surface area contributed by atoms with Gasteiger partial charge in [-0.15, -0.1) is 22.7 Å². The second-order valence-electron chi connectivity index (χ2n) is 10.4. The van der Waals surface area contributed by atoms with Gasteiger partial charge in [-0.2, -0.15) is 4.31 Å². The molecule has 40 heavy (non-hydrogen) atoms. The van der Waals surface area contributed by atoms with Gasteiger partial charge < -0.3 is 10.1 Å². The van der Waals surface area contributed by atoms with Crippen LogP contribution in [0, 0.1) is 0 Å². The number of nitrogens with one attached hydrogen (secondary N) is 1. The predicted molar refractivity (Wildman–Crippen MR) is 161 cm³/mol. The SMILES string of the molecule is CCN1CCc2c(sc(NC(=O)c3ccc(S(=O)(=O)N4C[C@H](C)O[C@@H](C)C4)cc3)c2-c2nc3ccccc3s2)C1. The topological polar surface area (TPSA) is 91.8 Å². The number of sulfonamides is 1. The monoisotopic (exact) mass is 596 g/mol. The number of hydrogen-bond donors (Lipinski definition) is 1. The van der Waals surface area contributed by atoms with Crippen LogP contribution in [-0.4, -0.2) is 66.9 Å². The lowest BCUT2D eigenvalue weighted by molar-refractivity contribution is -0.0440. The second kappa shape index (κ2) is 11.0. The highest BCUT2D eigenvalue weighted by Crippen LogP contribution is 2.45. The average Bonchev–Trinajstić information content (AvgIpc) is 3.52. The summed E-state index contributed by atoms with van der Waals surface area (Å²) >= 11 is 3.25. The number of rotatable bonds is 6. The van der Waals surface area contributed by atoms with Crippen molar-refractivity contribution in [3.8, 4) is 10.6 Å². The van der Waals surface area contributed by atoms with Gasteiger partial charge in [0, 0.05) is 42.2 Å². The lowest BCUT2D eigenvalue weighted by Crippen LogP contribution is -2.48. The number of fused-ring (bicyclic) bond motifs is 2. The van der Waals surface area contributed by atoms with Gasteiger partial charge in [0.1, 0.15) is 10.0 Å². The maximum absolute atomic E-state index is 13.4. The molecule has 2 aromatic heterocycles. The molecule has 2 aliphatic rings. The number of nitrogens with zero attached hydrogens (tertiary/aromatic N) is 3. The van der Waals surface area contributed by atoms with Crippen LogP contribution >= 0.6 is 22.7 Å². The van der Waals surface area contributed by atoms with Crippen LogP contribution in [0.25, 0.3) is 20.8 Å². The van der Waals surface area contributed by atoms with Gasteiger partial charge in [-0.1, -0.05) is 19.1 Å². The maximum atomic E-state index is 13.4. The Morgan fingerprint density at radius 2 is 1.80 bits per heavy atom. The molecular weight excluding hydrogens is 565 g/mol. The Bertz CT molecular complexity index is 1620. The first-order valence-electron chi connectivity index (χ1n) is 13.5. The minimum Gasteiger partial charge on any atom is -0.373 e. The van der Waals surface area contributed by atoms with Gasteiger partial charge in [-0.3, -0.25) is 9.69 Å². The third-order valence-corrected chi connectivity index (χ3v) is 11.5. The number of para-hydroxylation sites is 1. The zero-order chi connectivity index (χ0) is 28.0. The lowest BCUT2D eigenvalue weighted by Gasteiger charge is -2.34. The Morgan fingerprint density at radius 3 is 2.50 bits per heavy atom. The highest BCUT2D eigenvalue weighted by atomic mass is 32.2. The molecule has 4 heterocycles.